The van der Waals surface area contributed by atoms with Crippen LogP contribution in [0.3, 0.4) is 0 Å². The lowest BCUT2D eigenvalue weighted by atomic mass is 9.88. The summed E-state index contributed by atoms with van der Waals surface area (Å²) in [5.74, 6) is -0.561. The highest BCUT2D eigenvalue weighted by molar-refractivity contribution is 9.09. The molecule has 1 amide bonds. The van der Waals surface area contributed by atoms with E-state index in [0.717, 1.165) is 0 Å². The lowest BCUT2D eigenvalue weighted by Crippen LogP contribution is -2.49. The van der Waals surface area contributed by atoms with E-state index in [1.54, 1.807) is 32.3 Å². The summed E-state index contributed by atoms with van der Waals surface area (Å²) in [6.45, 7) is 9.42. The second-order valence-corrected chi connectivity index (χ2v) is 9.13. The summed E-state index contributed by atoms with van der Waals surface area (Å²) in [6, 6.07) is 0. The molecule has 0 aliphatic carbocycles. The molecule has 162 valence electrons. The molecule has 0 radical (unpaired) electrons. The Morgan fingerprint density at radius 2 is 1.93 bits per heavy atom. The van der Waals surface area contributed by atoms with Crippen LogP contribution >= 0.6 is 15.9 Å². The first-order valence-electron chi connectivity index (χ1n) is 9.72. The third-order valence-electron chi connectivity index (χ3n) is 4.98. The van der Waals surface area contributed by atoms with Gasteiger partial charge in [0.2, 0.25) is 0 Å². The molecule has 0 N–H and O–H groups in total. The molecule has 1 aromatic rings. The number of hydrogen-bond acceptors (Lipinski definition) is 6. The molecule has 0 unspecified atom stereocenters. The van der Waals surface area contributed by atoms with Crippen LogP contribution in [-0.2, 0) is 33.8 Å². The number of halogens is 1. The second kappa shape index (κ2) is 8.14. The first-order chi connectivity index (χ1) is 13.6. The molecule has 3 heterocycles. The summed E-state index contributed by atoms with van der Waals surface area (Å²) in [7, 11) is 0. The van der Waals surface area contributed by atoms with E-state index in [-0.39, 0.29) is 30.0 Å². The van der Waals surface area contributed by atoms with Crippen LogP contribution in [0, 0.1) is 5.41 Å². The summed E-state index contributed by atoms with van der Waals surface area (Å²) >= 11 is 3.50. The number of alkyl halides is 1. The standard InChI is InChI=1S/C19H28BrN3O6/c1-5-28-15(24)14-13-8-21(17(26)29-18(2,3)4)6-7-22(13)16(25)23(14)10-19(9-20)11-27-12-19/h5-12H2,1-4H3. The molecule has 0 atom stereocenters. The van der Waals surface area contributed by atoms with Crippen LogP contribution in [-0.4, -0.2) is 63.4 Å². The zero-order valence-corrected chi connectivity index (χ0v) is 18.9. The molecule has 2 aliphatic rings. The number of amides is 1. The van der Waals surface area contributed by atoms with Crippen molar-refractivity contribution in [2.24, 2.45) is 5.41 Å². The van der Waals surface area contributed by atoms with Gasteiger partial charge in [-0.3, -0.25) is 9.13 Å². The number of aromatic nitrogens is 2. The first-order valence-corrected chi connectivity index (χ1v) is 10.8. The molecular weight excluding hydrogens is 446 g/mol. The van der Waals surface area contributed by atoms with Crippen molar-refractivity contribution in [2.75, 3.05) is 31.7 Å². The van der Waals surface area contributed by atoms with E-state index >= 15 is 0 Å². The highest BCUT2D eigenvalue weighted by Gasteiger charge is 2.41. The van der Waals surface area contributed by atoms with Gasteiger partial charge in [-0.05, 0) is 27.7 Å². The number of fused-ring (bicyclic) bond motifs is 1. The van der Waals surface area contributed by atoms with Crippen molar-refractivity contribution in [1.29, 1.82) is 0 Å². The van der Waals surface area contributed by atoms with Gasteiger partial charge in [0.05, 0.1) is 32.1 Å². The monoisotopic (exact) mass is 473 g/mol. The highest BCUT2D eigenvalue weighted by atomic mass is 79.9. The van der Waals surface area contributed by atoms with Crippen molar-refractivity contribution in [1.82, 2.24) is 14.0 Å². The maximum atomic E-state index is 13.1. The maximum absolute atomic E-state index is 13.1. The van der Waals surface area contributed by atoms with Crippen LogP contribution < -0.4 is 5.69 Å². The van der Waals surface area contributed by atoms with Crippen molar-refractivity contribution < 1.29 is 23.8 Å². The minimum absolute atomic E-state index is 0.114. The summed E-state index contributed by atoms with van der Waals surface area (Å²) in [5.41, 5.74) is -0.448. The van der Waals surface area contributed by atoms with Gasteiger partial charge in [0.15, 0.2) is 5.69 Å². The van der Waals surface area contributed by atoms with Crippen LogP contribution in [0.25, 0.3) is 0 Å². The second-order valence-electron chi connectivity index (χ2n) is 8.56. The van der Waals surface area contributed by atoms with E-state index < -0.39 is 17.7 Å². The van der Waals surface area contributed by atoms with Gasteiger partial charge in [-0.25, -0.2) is 14.4 Å². The number of ether oxygens (including phenoxy) is 3. The summed E-state index contributed by atoms with van der Waals surface area (Å²) in [5, 5.41) is 0.652. The molecule has 0 spiro atoms. The Balaban J connectivity index is 1.97. The molecule has 10 heteroatoms. The molecule has 1 saturated heterocycles. The predicted octanol–water partition coefficient (Wildman–Crippen LogP) is 1.99. The lowest BCUT2D eigenvalue weighted by molar-refractivity contribution is -0.106. The quantitative estimate of drug-likeness (QED) is 0.479. The molecule has 9 nitrogen and oxygen atoms in total. The molecule has 2 aliphatic heterocycles. The number of rotatable bonds is 5. The highest BCUT2D eigenvalue weighted by Crippen LogP contribution is 2.32. The van der Waals surface area contributed by atoms with E-state index in [1.807, 2.05) is 0 Å². The molecule has 0 aromatic carbocycles. The van der Waals surface area contributed by atoms with Crippen molar-refractivity contribution in [3.63, 3.8) is 0 Å². The van der Waals surface area contributed by atoms with E-state index in [2.05, 4.69) is 15.9 Å². The van der Waals surface area contributed by atoms with Crippen molar-refractivity contribution >= 4 is 28.0 Å². The number of carbonyl (C=O) groups excluding carboxylic acids is 2. The normalized spacial score (nSPS) is 18.0. The zero-order valence-electron chi connectivity index (χ0n) is 17.3. The van der Waals surface area contributed by atoms with Crippen LogP contribution in [0.4, 0.5) is 4.79 Å². The summed E-state index contributed by atoms with van der Waals surface area (Å²) in [6.07, 6.45) is -0.469. The number of carbonyl (C=O) groups is 2. The van der Waals surface area contributed by atoms with Gasteiger partial charge in [-0.2, -0.15) is 0 Å². The van der Waals surface area contributed by atoms with Gasteiger partial charge >= 0.3 is 17.8 Å². The van der Waals surface area contributed by atoms with Crippen molar-refractivity contribution in [3.8, 4) is 0 Å². The fourth-order valence-corrected chi connectivity index (χ4v) is 4.01. The Bertz CT molecular complexity index is 844. The zero-order chi connectivity index (χ0) is 21.4. The smallest absolute Gasteiger partial charge is 0.410 e. The Morgan fingerprint density at radius 1 is 1.24 bits per heavy atom. The molecule has 0 saturated carbocycles. The molecule has 0 bridgehead atoms. The van der Waals surface area contributed by atoms with Gasteiger partial charge < -0.3 is 19.1 Å². The summed E-state index contributed by atoms with van der Waals surface area (Å²) < 4.78 is 19.1. The lowest BCUT2D eigenvalue weighted by Gasteiger charge is -2.40. The van der Waals surface area contributed by atoms with Gasteiger partial charge in [-0.1, -0.05) is 15.9 Å². The molecule has 1 aromatic heterocycles. The van der Waals surface area contributed by atoms with Crippen LogP contribution in [0.5, 0.6) is 0 Å². The molecule has 3 rings (SSSR count). The minimum atomic E-state index is -0.628. The number of imidazole rings is 1. The predicted molar refractivity (Wildman–Crippen MR) is 108 cm³/mol. The SMILES string of the molecule is CCOC(=O)c1c2n(c(=O)n1CC1(CBr)COC1)CCN(C(=O)OC(C)(C)C)C2. The van der Waals surface area contributed by atoms with E-state index in [9.17, 15) is 14.4 Å². The van der Waals surface area contributed by atoms with Crippen LogP contribution in [0.1, 0.15) is 43.9 Å². The summed E-state index contributed by atoms with van der Waals surface area (Å²) in [4.78, 5) is 39.9. The minimum Gasteiger partial charge on any atom is -0.461 e. The fourth-order valence-electron chi connectivity index (χ4n) is 3.51. The molecule has 1 fully saturated rings. The Hall–Kier alpha value is -1.81. The molecule has 29 heavy (non-hydrogen) atoms. The van der Waals surface area contributed by atoms with E-state index in [0.29, 0.717) is 43.9 Å². The van der Waals surface area contributed by atoms with Gasteiger partial charge in [-0.15, -0.1) is 0 Å². The maximum Gasteiger partial charge on any atom is 0.410 e. The van der Waals surface area contributed by atoms with Crippen molar-refractivity contribution in [3.05, 3.63) is 21.9 Å². The fraction of sp³-hybridized carbons (Fsp3) is 0.737. The number of nitrogens with zero attached hydrogens (tertiary/aromatic N) is 3. The average molecular weight is 474 g/mol. The molecular formula is C19H28BrN3O6. The number of hydrogen-bond donors (Lipinski definition) is 0. The largest absolute Gasteiger partial charge is 0.461 e. The van der Waals surface area contributed by atoms with Gasteiger partial charge in [0.25, 0.3) is 0 Å². The Kier molecular flexibility index (Phi) is 6.14. The topological polar surface area (TPSA) is 92.0 Å². The third kappa shape index (κ3) is 4.37. The van der Waals surface area contributed by atoms with Crippen LogP contribution in [0.15, 0.2) is 4.79 Å². The Labute approximate surface area is 178 Å². The van der Waals surface area contributed by atoms with E-state index in [1.165, 1.54) is 9.47 Å². The third-order valence-corrected chi connectivity index (χ3v) is 6.17. The first kappa shape index (κ1) is 21.9. The van der Waals surface area contributed by atoms with Crippen molar-refractivity contribution in [2.45, 2.75) is 52.9 Å². The average Bonchev–Trinajstić information content (AvgIpc) is 2.88. The van der Waals surface area contributed by atoms with E-state index in [4.69, 9.17) is 14.2 Å². The van der Waals surface area contributed by atoms with Gasteiger partial charge in [0.1, 0.15) is 5.60 Å². The number of esters is 1. The Morgan fingerprint density at radius 3 is 2.45 bits per heavy atom. The van der Waals surface area contributed by atoms with Crippen LogP contribution in [0.2, 0.25) is 0 Å². The van der Waals surface area contributed by atoms with Gasteiger partial charge in [0, 0.05) is 30.4 Å².